The molecule has 0 fully saturated rings. The van der Waals surface area contributed by atoms with Gasteiger partial charge in [-0.25, -0.2) is 8.42 Å². The number of sulfone groups is 1. The summed E-state index contributed by atoms with van der Waals surface area (Å²) in [5.41, 5.74) is 2.86. The Morgan fingerprint density at radius 1 is 1.06 bits per heavy atom. The Balaban J connectivity index is 1.81. The van der Waals surface area contributed by atoms with E-state index >= 15 is 0 Å². The number of halogens is 1. The maximum absolute atomic E-state index is 13.1. The van der Waals surface area contributed by atoms with Gasteiger partial charge in [0, 0.05) is 22.3 Å². The lowest BCUT2D eigenvalue weighted by Crippen LogP contribution is -2.03. The van der Waals surface area contributed by atoms with Gasteiger partial charge in [-0.15, -0.1) is 0 Å². The standard InChI is InChI=1S/C26H20ClN3O3S/c1-33-23-11-7-20(8-12-23)26-21(18-30(29-26)17-19-5-3-2-4-6-19)15-25(16-28)34(31,32)24-13-9-22(27)10-14-24/h2-15,18H,17H2,1H3. The molecule has 0 bridgehead atoms. The molecule has 4 rings (SSSR count). The summed E-state index contributed by atoms with van der Waals surface area (Å²) >= 11 is 5.89. The number of hydrogen-bond donors (Lipinski definition) is 0. The summed E-state index contributed by atoms with van der Waals surface area (Å²) < 4.78 is 33.2. The summed E-state index contributed by atoms with van der Waals surface area (Å²) in [5, 5.41) is 14.8. The van der Waals surface area contributed by atoms with Crippen molar-refractivity contribution >= 4 is 27.5 Å². The highest BCUT2D eigenvalue weighted by atomic mass is 35.5. The highest BCUT2D eigenvalue weighted by molar-refractivity contribution is 7.95. The van der Waals surface area contributed by atoms with E-state index in [2.05, 4.69) is 0 Å². The van der Waals surface area contributed by atoms with E-state index in [0.717, 1.165) is 11.1 Å². The molecule has 0 spiro atoms. The van der Waals surface area contributed by atoms with Gasteiger partial charge in [0.2, 0.25) is 9.84 Å². The highest BCUT2D eigenvalue weighted by Gasteiger charge is 2.22. The van der Waals surface area contributed by atoms with Crippen LogP contribution in [-0.4, -0.2) is 25.3 Å². The Morgan fingerprint density at radius 2 is 1.74 bits per heavy atom. The predicted octanol–water partition coefficient (Wildman–Crippen LogP) is 5.60. The van der Waals surface area contributed by atoms with Gasteiger partial charge >= 0.3 is 0 Å². The average molecular weight is 490 g/mol. The lowest BCUT2D eigenvalue weighted by molar-refractivity contribution is 0.415. The van der Waals surface area contributed by atoms with Crippen molar-refractivity contribution in [1.29, 1.82) is 5.26 Å². The third-order valence-electron chi connectivity index (χ3n) is 5.15. The van der Waals surface area contributed by atoms with Crippen molar-refractivity contribution in [3.63, 3.8) is 0 Å². The predicted molar refractivity (Wildman–Crippen MR) is 132 cm³/mol. The Morgan fingerprint density at radius 3 is 2.35 bits per heavy atom. The number of benzene rings is 3. The van der Waals surface area contributed by atoms with Gasteiger partial charge in [0.15, 0.2) is 0 Å². The van der Waals surface area contributed by atoms with Gasteiger partial charge < -0.3 is 4.74 Å². The molecule has 0 saturated heterocycles. The number of rotatable bonds is 7. The van der Waals surface area contributed by atoms with E-state index in [1.165, 1.54) is 30.3 Å². The number of aromatic nitrogens is 2. The van der Waals surface area contributed by atoms with Crippen molar-refractivity contribution in [2.75, 3.05) is 7.11 Å². The molecule has 3 aromatic carbocycles. The van der Waals surface area contributed by atoms with Gasteiger partial charge in [-0.2, -0.15) is 10.4 Å². The summed E-state index contributed by atoms with van der Waals surface area (Å²) in [7, 11) is -2.46. The van der Waals surface area contributed by atoms with Crippen molar-refractivity contribution < 1.29 is 13.2 Å². The molecule has 4 aromatic rings. The molecule has 0 amide bonds. The van der Waals surface area contributed by atoms with Crippen LogP contribution in [0.2, 0.25) is 5.02 Å². The molecular formula is C26H20ClN3O3S. The van der Waals surface area contributed by atoms with Crippen LogP contribution < -0.4 is 4.74 Å². The largest absolute Gasteiger partial charge is 0.497 e. The topological polar surface area (TPSA) is 85.0 Å². The summed E-state index contributed by atoms with van der Waals surface area (Å²) in [5.74, 6) is 0.688. The Hall–Kier alpha value is -3.86. The fourth-order valence-electron chi connectivity index (χ4n) is 3.42. The van der Waals surface area contributed by atoms with Crippen molar-refractivity contribution in [3.05, 3.63) is 106 Å². The summed E-state index contributed by atoms with van der Waals surface area (Å²) in [6.07, 6.45) is 3.10. The van der Waals surface area contributed by atoms with Crippen LogP contribution >= 0.6 is 11.6 Å². The first-order chi connectivity index (χ1) is 16.4. The molecular weight excluding hydrogens is 470 g/mol. The fourth-order valence-corrected chi connectivity index (χ4v) is 4.70. The lowest BCUT2D eigenvalue weighted by Gasteiger charge is -2.04. The molecule has 0 N–H and O–H groups in total. The van der Waals surface area contributed by atoms with E-state index in [-0.39, 0.29) is 9.80 Å². The first-order valence-electron chi connectivity index (χ1n) is 10.3. The first kappa shape index (κ1) is 23.3. The van der Waals surface area contributed by atoms with E-state index in [1.54, 1.807) is 30.1 Å². The molecule has 0 aliphatic heterocycles. The Kier molecular flexibility index (Phi) is 6.82. The second-order valence-electron chi connectivity index (χ2n) is 7.42. The maximum atomic E-state index is 13.1. The highest BCUT2D eigenvalue weighted by Crippen LogP contribution is 2.29. The van der Waals surface area contributed by atoms with Crippen molar-refractivity contribution in [2.24, 2.45) is 0 Å². The minimum absolute atomic E-state index is 0.00706. The van der Waals surface area contributed by atoms with Crippen LogP contribution in [0.25, 0.3) is 17.3 Å². The SMILES string of the molecule is COc1ccc(-c2nn(Cc3ccccc3)cc2C=C(C#N)S(=O)(=O)c2ccc(Cl)cc2)cc1. The molecule has 1 heterocycles. The van der Waals surface area contributed by atoms with Crippen LogP contribution in [0.5, 0.6) is 5.75 Å². The van der Waals surface area contributed by atoms with Gasteiger partial charge in [0.25, 0.3) is 0 Å². The van der Waals surface area contributed by atoms with Crippen LogP contribution in [0.4, 0.5) is 0 Å². The lowest BCUT2D eigenvalue weighted by atomic mass is 10.1. The molecule has 1 aromatic heterocycles. The number of nitrogens with zero attached hydrogens (tertiary/aromatic N) is 3. The maximum Gasteiger partial charge on any atom is 0.216 e. The molecule has 0 radical (unpaired) electrons. The second kappa shape index (κ2) is 9.96. The van der Waals surface area contributed by atoms with Gasteiger partial charge in [-0.05, 0) is 60.2 Å². The van der Waals surface area contributed by atoms with Crippen LogP contribution in [0.3, 0.4) is 0 Å². The number of nitriles is 1. The molecule has 6 nitrogen and oxygen atoms in total. The molecule has 0 unspecified atom stereocenters. The molecule has 0 atom stereocenters. The van der Waals surface area contributed by atoms with E-state index in [1.807, 2.05) is 48.5 Å². The molecule has 170 valence electrons. The number of hydrogen-bond acceptors (Lipinski definition) is 5. The van der Waals surface area contributed by atoms with E-state index < -0.39 is 9.84 Å². The summed E-state index contributed by atoms with van der Waals surface area (Å²) in [6, 6.07) is 24.6. The zero-order chi connectivity index (χ0) is 24.1. The zero-order valence-corrected chi connectivity index (χ0v) is 19.8. The van der Waals surface area contributed by atoms with Crippen LogP contribution in [0.15, 0.2) is 94.9 Å². The number of methoxy groups -OCH3 is 1. The van der Waals surface area contributed by atoms with Crippen molar-refractivity contribution in [3.8, 4) is 23.1 Å². The van der Waals surface area contributed by atoms with E-state index in [0.29, 0.717) is 28.6 Å². The fraction of sp³-hybridized carbons (Fsp3) is 0.0769. The quantitative estimate of drug-likeness (QED) is 0.315. The molecule has 0 aliphatic carbocycles. The molecule has 0 saturated carbocycles. The number of allylic oxidation sites excluding steroid dienone is 1. The monoisotopic (exact) mass is 489 g/mol. The molecule has 0 aliphatic rings. The molecule has 34 heavy (non-hydrogen) atoms. The number of ether oxygens (including phenoxy) is 1. The van der Waals surface area contributed by atoms with E-state index in [9.17, 15) is 13.7 Å². The second-order valence-corrected chi connectivity index (χ2v) is 9.78. The van der Waals surface area contributed by atoms with Gasteiger partial charge in [0.05, 0.1) is 24.2 Å². The van der Waals surface area contributed by atoms with Crippen LogP contribution in [0.1, 0.15) is 11.1 Å². The van der Waals surface area contributed by atoms with Gasteiger partial charge in [0.1, 0.15) is 16.7 Å². The van der Waals surface area contributed by atoms with Crippen LogP contribution in [-0.2, 0) is 16.4 Å². The van der Waals surface area contributed by atoms with Gasteiger partial charge in [-0.3, -0.25) is 4.68 Å². The normalized spacial score (nSPS) is 11.7. The Bertz CT molecular complexity index is 1470. The molecule has 8 heteroatoms. The first-order valence-corrected chi connectivity index (χ1v) is 12.1. The Labute approximate surface area is 203 Å². The van der Waals surface area contributed by atoms with Crippen LogP contribution in [0, 0.1) is 11.3 Å². The average Bonchev–Trinajstić information content (AvgIpc) is 3.25. The zero-order valence-electron chi connectivity index (χ0n) is 18.2. The minimum atomic E-state index is -4.04. The van der Waals surface area contributed by atoms with Gasteiger partial charge in [-0.1, -0.05) is 41.9 Å². The minimum Gasteiger partial charge on any atom is -0.497 e. The van der Waals surface area contributed by atoms with Crippen molar-refractivity contribution in [1.82, 2.24) is 9.78 Å². The summed E-state index contributed by atoms with van der Waals surface area (Å²) in [6.45, 7) is 0.490. The van der Waals surface area contributed by atoms with E-state index in [4.69, 9.17) is 21.4 Å². The summed E-state index contributed by atoms with van der Waals surface area (Å²) in [4.78, 5) is -0.392. The van der Waals surface area contributed by atoms with Crippen molar-refractivity contribution in [2.45, 2.75) is 11.4 Å². The third-order valence-corrected chi connectivity index (χ3v) is 7.08. The third kappa shape index (κ3) is 5.04. The smallest absolute Gasteiger partial charge is 0.216 e.